The highest BCUT2D eigenvalue weighted by atomic mass is 32.1. The van der Waals surface area contributed by atoms with E-state index in [-0.39, 0.29) is 0 Å². The van der Waals surface area contributed by atoms with Gasteiger partial charge in [-0.15, -0.1) is 11.3 Å². The zero-order chi connectivity index (χ0) is 28.2. The molecule has 0 spiro atoms. The Labute approximate surface area is 249 Å². The highest BCUT2D eigenvalue weighted by Crippen LogP contribution is 2.40. The van der Waals surface area contributed by atoms with Crippen LogP contribution in [-0.2, 0) is 0 Å². The molecule has 0 aliphatic carbocycles. The van der Waals surface area contributed by atoms with Gasteiger partial charge in [0.15, 0.2) is 0 Å². The molecule has 5 aromatic heterocycles. The Bertz CT molecular complexity index is 2750. The monoisotopic (exact) mass is 569 g/mol. The highest BCUT2D eigenvalue weighted by molar-refractivity contribution is 7.20. The fourth-order valence-electron chi connectivity index (χ4n) is 6.99. The molecule has 43 heavy (non-hydrogen) atoms. The Morgan fingerprint density at radius 2 is 1.35 bits per heavy atom. The number of pyridine rings is 1. The van der Waals surface area contributed by atoms with E-state index in [2.05, 4.69) is 119 Å². The molecule has 5 aromatic carbocycles. The second kappa shape index (κ2) is 8.34. The molecule has 0 unspecified atom stereocenters. The third-order valence-electron chi connectivity index (χ3n) is 8.83. The summed E-state index contributed by atoms with van der Waals surface area (Å²) in [5.74, 6) is 0. The van der Waals surface area contributed by atoms with Crippen LogP contribution in [0.1, 0.15) is 4.88 Å². The Hall–Kier alpha value is -5.39. The molecule has 0 aliphatic rings. The summed E-state index contributed by atoms with van der Waals surface area (Å²) in [6.07, 6.45) is 2.03. The minimum atomic E-state index is 0.905. The van der Waals surface area contributed by atoms with E-state index in [9.17, 15) is 0 Å². The van der Waals surface area contributed by atoms with Crippen molar-refractivity contribution < 1.29 is 4.42 Å². The van der Waals surface area contributed by atoms with E-state index < -0.39 is 0 Å². The van der Waals surface area contributed by atoms with Crippen LogP contribution in [0.2, 0.25) is 0 Å². The van der Waals surface area contributed by atoms with Gasteiger partial charge in [0.2, 0.25) is 0 Å². The van der Waals surface area contributed by atoms with Crippen LogP contribution in [0.25, 0.3) is 87.3 Å². The van der Waals surface area contributed by atoms with Gasteiger partial charge < -0.3 is 8.98 Å². The van der Waals surface area contributed by atoms with Gasteiger partial charge in [0, 0.05) is 53.1 Å². The molecular formula is C38H23N3OS. The minimum Gasteiger partial charge on any atom is -0.456 e. The molecule has 0 saturated heterocycles. The molecule has 0 saturated carbocycles. The smallest absolute Gasteiger partial charge is 0.146 e. The molecule has 10 aromatic rings. The summed E-state index contributed by atoms with van der Waals surface area (Å²) >= 11 is 1.85. The number of rotatable bonds is 2. The molecule has 5 heterocycles. The number of hydrogen-bond acceptors (Lipinski definition) is 3. The topological polar surface area (TPSA) is 35.4 Å². The van der Waals surface area contributed by atoms with Crippen LogP contribution in [0.5, 0.6) is 0 Å². The molecular weight excluding hydrogens is 547 g/mol. The van der Waals surface area contributed by atoms with Gasteiger partial charge in [-0.25, -0.2) is 4.98 Å². The van der Waals surface area contributed by atoms with Gasteiger partial charge >= 0.3 is 0 Å². The summed E-state index contributed by atoms with van der Waals surface area (Å²) in [6, 6.07) is 41.3. The van der Waals surface area contributed by atoms with Crippen LogP contribution in [0.4, 0.5) is 0 Å². The lowest BCUT2D eigenvalue weighted by atomic mass is 10.1. The van der Waals surface area contributed by atoms with E-state index >= 15 is 0 Å². The van der Waals surface area contributed by atoms with E-state index in [1.54, 1.807) is 0 Å². The van der Waals surface area contributed by atoms with Crippen LogP contribution < -0.4 is 0 Å². The normalized spacial score (nSPS) is 12.3. The maximum atomic E-state index is 6.13. The molecule has 0 amide bonds. The maximum Gasteiger partial charge on any atom is 0.146 e. The SMILES string of the molecule is Cc1cc2c(s1)c1ccccc1n1c(-c3ccc4c(c3)c3ccccc3n4-c3ccc4oc5ccccc5c4c3)cnc21. The number of aryl methyl sites for hydroxylation is 1. The van der Waals surface area contributed by atoms with Crippen LogP contribution >= 0.6 is 11.3 Å². The van der Waals surface area contributed by atoms with Crippen molar-refractivity contribution in [2.45, 2.75) is 6.92 Å². The third kappa shape index (κ3) is 3.12. The number of nitrogens with zero attached hydrogens (tertiary/aromatic N) is 3. The Morgan fingerprint density at radius 1 is 0.605 bits per heavy atom. The largest absolute Gasteiger partial charge is 0.456 e. The minimum absolute atomic E-state index is 0.905. The van der Waals surface area contributed by atoms with Crippen molar-refractivity contribution >= 4 is 81.7 Å². The lowest BCUT2D eigenvalue weighted by Gasteiger charge is -2.10. The van der Waals surface area contributed by atoms with Gasteiger partial charge in [-0.05, 0) is 61.5 Å². The molecule has 0 radical (unpaired) electrons. The van der Waals surface area contributed by atoms with Crippen molar-refractivity contribution in [3.05, 3.63) is 126 Å². The van der Waals surface area contributed by atoms with E-state index in [4.69, 9.17) is 9.40 Å². The fraction of sp³-hybridized carbons (Fsp3) is 0.0263. The van der Waals surface area contributed by atoms with E-state index in [1.807, 2.05) is 29.7 Å². The predicted octanol–water partition coefficient (Wildman–Crippen LogP) is 10.7. The summed E-state index contributed by atoms with van der Waals surface area (Å²) < 4.78 is 12.1. The van der Waals surface area contributed by atoms with Gasteiger partial charge in [0.25, 0.3) is 0 Å². The van der Waals surface area contributed by atoms with Crippen molar-refractivity contribution in [1.29, 1.82) is 0 Å². The summed E-state index contributed by atoms with van der Waals surface area (Å²) in [6.45, 7) is 2.18. The van der Waals surface area contributed by atoms with Crippen LogP contribution in [-0.4, -0.2) is 14.0 Å². The average molecular weight is 570 g/mol. The summed E-state index contributed by atoms with van der Waals surface area (Å²) in [5, 5.41) is 7.19. The lowest BCUT2D eigenvalue weighted by Crippen LogP contribution is -1.94. The number of para-hydroxylation sites is 3. The third-order valence-corrected chi connectivity index (χ3v) is 9.92. The van der Waals surface area contributed by atoms with Crippen LogP contribution in [0, 0.1) is 6.92 Å². The number of furan rings is 1. The predicted molar refractivity (Wildman–Crippen MR) is 180 cm³/mol. The quantitative estimate of drug-likeness (QED) is 0.208. The first kappa shape index (κ1) is 23.2. The van der Waals surface area contributed by atoms with Gasteiger partial charge in [-0.3, -0.25) is 4.40 Å². The lowest BCUT2D eigenvalue weighted by molar-refractivity contribution is 0.669. The van der Waals surface area contributed by atoms with Crippen LogP contribution in [0.3, 0.4) is 0 Å². The molecule has 0 bridgehead atoms. The second-order valence-electron chi connectivity index (χ2n) is 11.3. The molecule has 5 heteroatoms. The van der Waals surface area contributed by atoms with Crippen molar-refractivity contribution in [2.24, 2.45) is 0 Å². The zero-order valence-electron chi connectivity index (χ0n) is 23.2. The summed E-state index contributed by atoms with van der Waals surface area (Å²) in [4.78, 5) is 6.29. The molecule has 10 rings (SSSR count). The first-order valence-corrected chi connectivity index (χ1v) is 15.3. The van der Waals surface area contributed by atoms with Crippen LogP contribution in [0.15, 0.2) is 126 Å². The standard InChI is InChI=1S/C38H23N3OS/c1-22-18-30-37(43-22)27-10-3-6-12-32(27)41-34(21-39-38(30)41)23-14-16-33-28(19-23)25-8-2-5-11-31(25)40(33)24-15-17-36-29(20-24)26-9-4-7-13-35(26)42-36/h2-21H,1H3. The summed E-state index contributed by atoms with van der Waals surface area (Å²) in [7, 11) is 0. The van der Waals surface area contributed by atoms with Crippen molar-refractivity contribution in [3.63, 3.8) is 0 Å². The number of imidazole rings is 1. The van der Waals surface area contributed by atoms with Gasteiger partial charge in [-0.2, -0.15) is 0 Å². The molecule has 202 valence electrons. The van der Waals surface area contributed by atoms with Gasteiger partial charge in [0.05, 0.1) is 28.4 Å². The molecule has 0 aliphatic heterocycles. The van der Waals surface area contributed by atoms with Crippen molar-refractivity contribution in [2.75, 3.05) is 0 Å². The molecule has 0 N–H and O–H groups in total. The number of hydrogen-bond donors (Lipinski definition) is 0. The van der Waals surface area contributed by atoms with E-state index in [1.165, 1.54) is 47.7 Å². The molecule has 4 nitrogen and oxygen atoms in total. The first-order chi connectivity index (χ1) is 21.2. The summed E-state index contributed by atoms with van der Waals surface area (Å²) in [5.41, 5.74) is 9.73. The number of fused-ring (bicyclic) bond motifs is 12. The average Bonchev–Trinajstić information content (AvgIpc) is 3.82. The first-order valence-electron chi connectivity index (χ1n) is 14.5. The second-order valence-corrected chi connectivity index (χ2v) is 12.5. The highest BCUT2D eigenvalue weighted by Gasteiger charge is 2.19. The Kier molecular flexibility index (Phi) is 4.50. The molecule has 0 fully saturated rings. The number of benzene rings is 5. The zero-order valence-corrected chi connectivity index (χ0v) is 24.0. The Morgan fingerprint density at radius 3 is 2.26 bits per heavy atom. The maximum absolute atomic E-state index is 6.13. The van der Waals surface area contributed by atoms with E-state index in [0.717, 1.165) is 44.5 Å². The molecule has 0 atom stereocenters. The Balaban J connectivity index is 1.25. The number of thiophene rings is 1. The van der Waals surface area contributed by atoms with Crippen molar-refractivity contribution in [3.8, 4) is 16.9 Å². The fourth-order valence-corrected chi connectivity index (χ4v) is 8.04. The van der Waals surface area contributed by atoms with Gasteiger partial charge in [-0.1, -0.05) is 60.7 Å². The van der Waals surface area contributed by atoms with E-state index in [0.29, 0.717) is 0 Å². The van der Waals surface area contributed by atoms with Crippen molar-refractivity contribution in [1.82, 2.24) is 14.0 Å². The van der Waals surface area contributed by atoms with Gasteiger partial charge in [0.1, 0.15) is 16.8 Å². The number of aromatic nitrogens is 3.